The van der Waals surface area contributed by atoms with Gasteiger partial charge in [0.25, 0.3) is 0 Å². The lowest BCUT2D eigenvalue weighted by atomic mass is 10.2. The molecular formula is C9H15NO. The highest BCUT2D eigenvalue weighted by Crippen LogP contribution is 2.02. The van der Waals surface area contributed by atoms with Crippen LogP contribution in [0.4, 0.5) is 0 Å². The van der Waals surface area contributed by atoms with Gasteiger partial charge in [0.15, 0.2) is 0 Å². The Morgan fingerprint density at radius 3 is 2.27 bits per heavy atom. The maximum absolute atomic E-state index is 7.29. The number of methoxy groups -OCH3 is 1. The van der Waals surface area contributed by atoms with E-state index in [0.717, 1.165) is 11.1 Å². The summed E-state index contributed by atoms with van der Waals surface area (Å²) in [6.07, 6.45) is 3.91. The fourth-order valence-electron chi connectivity index (χ4n) is 0.651. The molecule has 0 aliphatic heterocycles. The summed E-state index contributed by atoms with van der Waals surface area (Å²) in [5.41, 5.74) is 1.99. The molecule has 0 aromatic heterocycles. The SMILES string of the molecule is C/C=C(C)\C=C(\C)C(=N)OC. The smallest absolute Gasteiger partial charge is 0.208 e. The molecule has 1 N–H and O–H groups in total. The van der Waals surface area contributed by atoms with E-state index in [0.29, 0.717) is 0 Å². The molecule has 62 valence electrons. The van der Waals surface area contributed by atoms with Gasteiger partial charge in [0.05, 0.1) is 7.11 Å². The largest absolute Gasteiger partial charge is 0.481 e. The van der Waals surface area contributed by atoms with E-state index in [9.17, 15) is 0 Å². The first-order chi connectivity index (χ1) is 5.11. The summed E-state index contributed by atoms with van der Waals surface area (Å²) in [6.45, 7) is 5.82. The number of hydrogen-bond acceptors (Lipinski definition) is 2. The van der Waals surface area contributed by atoms with Crippen LogP contribution in [0.1, 0.15) is 20.8 Å². The van der Waals surface area contributed by atoms with Crippen molar-refractivity contribution in [3.63, 3.8) is 0 Å². The molecule has 0 bridgehead atoms. The lowest BCUT2D eigenvalue weighted by Gasteiger charge is -2.01. The number of hydrogen-bond donors (Lipinski definition) is 1. The third kappa shape index (κ3) is 3.61. The third-order valence-corrected chi connectivity index (χ3v) is 1.46. The second-order valence-electron chi connectivity index (χ2n) is 2.39. The lowest BCUT2D eigenvalue weighted by molar-refractivity contribution is 0.400. The molecule has 11 heavy (non-hydrogen) atoms. The van der Waals surface area contributed by atoms with Crippen LogP contribution in [0.2, 0.25) is 0 Å². The fourth-order valence-corrected chi connectivity index (χ4v) is 0.651. The average Bonchev–Trinajstić information content (AvgIpc) is 2.02. The van der Waals surface area contributed by atoms with Crippen molar-refractivity contribution >= 4 is 5.90 Å². The van der Waals surface area contributed by atoms with Crippen LogP contribution >= 0.6 is 0 Å². The molecule has 0 aliphatic rings. The molecule has 2 heteroatoms. The number of rotatable bonds is 2. The molecule has 0 unspecified atom stereocenters. The van der Waals surface area contributed by atoms with Crippen molar-refractivity contribution in [3.8, 4) is 0 Å². The topological polar surface area (TPSA) is 33.1 Å². The third-order valence-electron chi connectivity index (χ3n) is 1.46. The maximum Gasteiger partial charge on any atom is 0.208 e. The first kappa shape index (κ1) is 9.95. The summed E-state index contributed by atoms with van der Waals surface area (Å²) in [6, 6.07) is 0. The Bertz CT molecular complexity index is 202. The van der Waals surface area contributed by atoms with E-state index in [-0.39, 0.29) is 5.90 Å². The molecule has 0 atom stereocenters. The van der Waals surface area contributed by atoms with Gasteiger partial charge in [0.1, 0.15) is 0 Å². The molecule has 0 saturated heterocycles. The van der Waals surface area contributed by atoms with Gasteiger partial charge in [-0.1, -0.05) is 17.7 Å². The zero-order chi connectivity index (χ0) is 8.85. The van der Waals surface area contributed by atoms with Gasteiger partial charge in [-0.3, -0.25) is 5.41 Å². The molecule has 0 aromatic rings. The summed E-state index contributed by atoms with van der Waals surface area (Å²) in [4.78, 5) is 0. The molecule has 0 saturated carbocycles. The van der Waals surface area contributed by atoms with Crippen molar-refractivity contribution in [3.05, 3.63) is 23.3 Å². The summed E-state index contributed by atoms with van der Waals surface area (Å²) >= 11 is 0. The van der Waals surface area contributed by atoms with Gasteiger partial charge in [-0.25, -0.2) is 0 Å². The Labute approximate surface area is 68.1 Å². The molecule has 0 amide bonds. The molecule has 0 heterocycles. The van der Waals surface area contributed by atoms with E-state index in [1.807, 2.05) is 32.9 Å². The Hall–Kier alpha value is -1.05. The minimum atomic E-state index is 0.228. The molecule has 2 nitrogen and oxygen atoms in total. The van der Waals surface area contributed by atoms with Crippen LogP contribution in [-0.2, 0) is 4.74 Å². The zero-order valence-electron chi connectivity index (χ0n) is 7.56. The van der Waals surface area contributed by atoms with E-state index in [1.165, 1.54) is 7.11 Å². The van der Waals surface area contributed by atoms with Gasteiger partial charge in [0.2, 0.25) is 5.90 Å². The normalized spacial score (nSPS) is 13.1. The molecule has 0 aliphatic carbocycles. The summed E-state index contributed by atoms with van der Waals surface area (Å²) in [7, 11) is 1.50. The van der Waals surface area contributed by atoms with E-state index in [1.54, 1.807) is 0 Å². The van der Waals surface area contributed by atoms with Gasteiger partial charge in [-0.15, -0.1) is 0 Å². The van der Waals surface area contributed by atoms with Crippen molar-refractivity contribution in [1.29, 1.82) is 5.41 Å². The molecule has 0 fully saturated rings. The molecule has 0 spiro atoms. The summed E-state index contributed by atoms with van der Waals surface area (Å²) < 4.78 is 4.75. The summed E-state index contributed by atoms with van der Waals surface area (Å²) in [5.74, 6) is 0.228. The van der Waals surface area contributed by atoms with E-state index in [4.69, 9.17) is 10.1 Å². The van der Waals surface area contributed by atoms with E-state index in [2.05, 4.69) is 0 Å². The first-order valence-corrected chi connectivity index (χ1v) is 3.56. The van der Waals surface area contributed by atoms with Crippen molar-refractivity contribution in [2.24, 2.45) is 0 Å². The predicted molar refractivity (Wildman–Crippen MR) is 47.9 cm³/mol. The molecular weight excluding hydrogens is 138 g/mol. The van der Waals surface area contributed by atoms with Crippen LogP contribution in [0.3, 0.4) is 0 Å². The fraction of sp³-hybridized carbons (Fsp3) is 0.444. The second-order valence-corrected chi connectivity index (χ2v) is 2.39. The molecule has 0 aromatic carbocycles. The predicted octanol–water partition coefficient (Wildman–Crippen LogP) is 2.52. The van der Waals surface area contributed by atoms with Crippen LogP contribution in [0.5, 0.6) is 0 Å². The lowest BCUT2D eigenvalue weighted by Crippen LogP contribution is -2.00. The summed E-state index contributed by atoms with van der Waals surface area (Å²) in [5, 5.41) is 7.29. The van der Waals surface area contributed by atoms with Crippen molar-refractivity contribution in [2.75, 3.05) is 7.11 Å². The number of ether oxygens (including phenoxy) is 1. The van der Waals surface area contributed by atoms with E-state index < -0.39 is 0 Å². The highest BCUT2D eigenvalue weighted by Gasteiger charge is 1.96. The number of nitrogens with one attached hydrogen (secondary N) is 1. The van der Waals surface area contributed by atoms with Crippen LogP contribution in [0, 0.1) is 5.41 Å². The van der Waals surface area contributed by atoms with Gasteiger partial charge in [-0.2, -0.15) is 0 Å². The monoisotopic (exact) mass is 153 g/mol. The van der Waals surface area contributed by atoms with Gasteiger partial charge >= 0.3 is 0 Å². The Morgan fingerprint density at radius 2 is 1.91 bits per heavy atom. The van der Waals surface area contributed by atoms with Crippen LogP contribution in [-0.4, -0.2) is 13.0 Å². The van der Waals surface area contributed by atoms with E-state index >= 15 is 0 Å². The quantitative estimate of drug-likeness (QED) is 0.369. The maximum atomic E-state index is 7.29. The first-order valence-electron chi connectivity index (χ1n) is 3.56. The molecule has 0 rings (SSSR count). The molecule has 0 radical (unpaired) electrons. The second kappa shape index (κ2) is 4.72. The van der Waals surface area contributed by atoms with Crippen molar-refractivity contribution in [1.82, 2.24) is 0 Å². The number of allylic oxidation sites excluding steroid dienone is 3. The Kier molecular flexibility index (Phi) is 4.27. The standard InChI is InChI=1S/C9H15NO/c1-5-7(2)6-8(3)9(10)11-4/h5-6,10H,1-4H3/b7-5-,8-6-,10-9?. The Morgan fingerprint density at radius 1 is 1.36 bits per heavy atom. The minimum Gasteiger partial charge on any atom is -0.481 e. The van der Waals surface area contributed by atoms with Crippen LogP contribution < -0.4 is 0 Å². The van der Waals surface area contributed by atoms with Crippen molar-refractivity contribution in [2.45, 2.75) is 20.8 Å². The highest BCUT2D eigenvalue weighted by atomic mass is 16.5. The van der Waals surface area contributed by atoms with Crippen molar-refractivity contribution < 1.29 is 4.74 Å². The zero-order valence-corrected chi connectivity index (χ0v) is 7.56. The average molecular weight is 153 g/mol. The Balaban J connectivity index is 4.34. The van der Waals surface area contributed by atoms with Gasteiger partial charge < -0.3 is 4.74 Å². The van der Waals surface area contributed by atoms with Gasteiger partial charge in [0, 0.05) is 5.57 Å². The minimum absolute atomic E-state index is 0.228. The highest BCUT2D eigenvalue weighted by molar-refractivity contribution is 5.90. The van der Waals surface area contributed by atoms with Gasteiger partial charge in [-0.05, 0) is 20.8 Å². The van der Waals surface area contributed by atoms with Crippen LogP contribution in [0.25, 0.3) is 0 Å². The van der Waals surface area contributed by atoms with Crippen LogP contribution in [0.15, 0.2) is 23.3 Å².